The highest BCUT2D eigenvalue weighted by atomic mass is 16.5. The minimum absolute atomic E-state index is 0.00736. The first kappa shape index (κ1) is 17.3. The average molecular weight is 368 g/mol. The van der Waals surface area contributed by atoms with E-state index in [9.17, 15) is 4.79 Å². The molecule has 2 heterocycles. The van der Waals surface area contributed by atoms with Crippen LogP contribution < -0.4 is 10.2 Å². The number of nitrogens with zero attached hydrogens (tertiary/aromatic N) is 3. The molecule has 6 nitrogen and oxygen atoms in total. The monoisotopic (exact) mass is 368 g/mol. The molecule has 0 radical (unpaired) electrons. The highest BCUT2D eigenvalue weighted by Crippen LogP contribution is 2.31. The molecule has 0 amide bonds. The van der Waals surface area contributed by atoms with Crippen LogP contribution >= 0.6 is 0 Å². The Morgan fingerprint density at radius 1 is 1.07 bits per heavy atom. The summed E-state index contributed by atoms with van der Waals surface area (Å²) in [6.45, 7) is 0.647. The Kier molecular flexibility index (Phi) is 4.72. The van der Waals surface area contributed by atoms with Gasteiger partial charge in [0.2, 0.25) is 0 Å². The van der Waals surface area contributed by atoms with E-state index < -0.39 is 0 Å². The summed E-state index contributed by atoms with van der Waals surface area (Å²) in [5.74, 6) is 1.23. The van der Waals surface area contributed by atoms with Crippen LogP contribution in [0.15, 0.2) is 84.0 Å². The zero-order chi connectivity index (χ0) is 19.3. The van der Waals surface area contributed by atoms with Crippen molar-refractivity contribution in [2.24, 2.45) is 0 Å². The Bertz CT molecular complexity index is 1180. The molecule has 0 aliphatic carbocycles. The number of hydrogen-bond acceptors (Lipinski definition) is 4. The quantitative estimate of drug-likeness (QED) is 0.578. The van der Waals surface area contributed by atoms with Gasteiger partial charge in [-0.1, -0.05) is 18.2 Å². The van der Waals surface area contributed by atoms with Crippen molar-refractivity contribution in [3.05, 3.63) is 101 Å². The van der Waals surface area contributed by atoms with Crippen molar-refractivity contribution in [3.63, 3.8) is 0 Å². The molecular formula is C22H16N4O2. The van der Waals surface area contributed by atoms with Crippen LogP contribution in [0.5, 0.6) is 11.5 Å². The van der Waals surface area contributed by atoms with E-state index in [1.807, 2.05) is 22.8 Å². The van der Waals surface area contributed by atoms with Crippen LogP contribution in [0.4, 0.5) is 0 Å². The molecule has 2 aromatic carbocycles. The number of aromatic amines is 1. The summed E-state index contributed by atoms with van der Waals surface area (Å²) >= 11 is 0. The second-order valence-corrected chi connectivity index (χ2v) is 6.25. The van der Waals surface area contributed by atoms with Crippen LogP contribution in [0.1, 0.15) is 11.1 Å². The van der Waals surface area contributed by atoms with Gasteiger partial charge >= 0.3 is 0 Å². The molecule has 6 heteroatoms. The fourth-order valence-electron chi connectivity index (χ4n) is 2.87. The number of H-pyrrole nitrogens is 1. The number of pyridine rings is 1. The molecule has 0 aliphatic rings. The van der Waals surface area contributed by atoms with E-state index in [1.165, 1.54) is 0 Å². The highest BCUT2D eigenvalue weighted by Gasteiger charge is 2.11. The van der Waals surface area contributed by atoms with Crippen LogP contribution in [0.25, 0.3) is 11.3 Å². The van der Waals surface area contributed by atoms with Gasteiger partial charge in [-0.3, -0.25) is 9.89 Å². The fourth-order valence-corrected chi connectivity index (χ4v) is 2.87. The first-order valence-corrected chi connectivity index (χ1v) is 8.68. The molecule has 0 aliphatic heterocycles. The molecule has 28 heavy (non-hydrogen) atoms. The predicted molar refractivity (Wildman–Crippen MR) is 105 cm³/mol. The van der Waals surface area contributed by atoms with Gasteiger partial charge in [-0.15, -0.1) is 0 Å². The number of nitriles is 1. The molecule has 0 atom stereocenters. The molecule has 0 fully saturated rings. The molecule has 136 valence electrons. The number of ether oxygens (including phenoxy) is 1. The zero-order valence-corrected chi connectivity index (χ0v) is 14.9. The summed E-state index contributed by atoms with van der Waals surface area (Å²) in [6.07, 6.45) is 5.16. The third-order valence-corrected chi connectivity index (χ3v) is 4.26. The van der Waals surface area contributed by atoms with E-state index in [0.29, 0.717) is 23.6 Å². The molecular weight excluding hydrogens is 352 g/mol. The lowest BCUT2D eigenvalue weighted by atomic mass is 10.1. The summed E-state index contributed by atoms with van der Waals surface area (Å²) in [6, 6.07) is 20.1. The number of nitrogens with one attached hydrogen (secondary N) is 1. The van der Waals surface area contributed by atoms with E-state index in [1.54, 1.807) is 55.0 Å². The molecule has 0 saturated carbocycles. The van der Waals surface area contributed by atoms with Gasteiger partial charge < -0.3 is 9.30 Å². The van der Waals surface area contributed by atoms with Crippen LogP contribution in [0.3, 0.4) is 0 Å². The lowest BCUT2D eigenvalue weighted by Crippen LogP contribution is -2.04. The summed E-state index contributed by atoms with van der Waals surface area (Å²) in [5, 5.41) is 16.0. The van der Waals surface area contributed by atoms with E-state index in [0.717, 1.165) is 16.8 Å². The van der Waals surface area contributed by atoms with Gasteiger partial charge in [-0.2, -0.15) is 10.4 Å². The molecule has 4 rings (SSSR count). The van der Waals surface area contributed by atoms with Crippen molar-refractivity contribution >= 4 is 0 Å². The number of hydrogen-bond donors (Lipinski definition) is 1. The number of benzene rings is 2. The SMILES string of the molecule is N#Cc1ccc(Oc2cn[nH]c2-c2cccc(Cn3ccc(=O)cc3)c2)cc1. The number of aromatic nitrogens is 3. The lowest BCUT2D eigenvalue weighted by molar-refractivity contribution is 0.484. The second-order valence-electron chi connectivity index (χ2n) is 6.25. The average Bonchev–Trinajstić information content (AvgIpc) is 3.19. The van der Waals surface area contributed by atoms with Crippen molar-refractivity contribution in [3.8, 4) is 28.8 Å². The fraction of sp³-hybridized carbons (Fsp3) is 0.0455. The normalized spacial score (nSPS) is 10.4. The summed E-state index contributed by atoms with van der Waals surface area (Å²) in [7, 11) is 0. The first-order chi connectivity index (χ1) is 13.7. The van der Waals surface area contributed by atoms with Crippen LogP contribution in [0, 0.1) is 11.3 Å². The van der Waals surface area contributed by atoms with Gasteiger partial charge in [0.1, 0.15) is 11.4 Å². The molecule has 0 bridgehead atoms. The minimum atomic E-state index is -0.00736. The van der Waals surface area contributed by atoms with E-state index in [-0.39, 0.29) is 5.43 Å². The van der Waals surface area contributed by atoms with Gasteiger partial charge in [0.05, 0.1) is 17.8 Å². The number of rotatable bonds is 5. The summed E-state index contributed by atoms with van der Waals surface area (Å²) in [5.41, 5.74) is 3.37. The Labute approximate surface area is 161 Å². The molecule has 4 aromatic rings. The maximum absolute atomic E-state index is 11.3. The van der Waals surface area contributed by atoms with Crippen molar-refractivity contribution in [2.75, 3.05) is 0 Å². The standard InChI is InChI=1S/C22H16N4O2/c23-13-16-4-6-20(7-5-16)28-21-14-24-25-22(21)18-3-1-2-17(12-18)15-26-10-8-19(27)9-11-26/h1-12,14H,15H2,(H,24,25). The van der Waals surface area contributed by atoms with Gasteiger partial charge in [0.15, 0.2) is 11.2 Å². The highest BCUT2D eigenvalue weighted by molar-refractivity contribution is 5.67. The smallest absolute Gasteiger partial charge is 0.181 e. The first-order valence-electron chi connectivity index (χ1n) is 8.68. The molecule has 0 spiro atoms. The van der Waals surface area contributed by atoms with Gasteiger partial charge in [0, 0.05) is 36.6 Å². The van der Waals surface area contributed by atoms with Crippen molar-refractivity contribution < 1.29 is 4.74 Å². The van der Waals surface area contributed by atoms with Crippen LogP contribution in [-0.4, -0.2) is 14.8 Å². The van der Waals surface area contributed by atoms with Crippen LogP contribution in [0.2, 0.25) is 0 Å². The molecule has 0 unspecified atom stereocenters. The lowest BCUT2D eigenvalue weighted by Gasteiger charge is -2.09. The topological polar surface area (TPSA) is 83.7 Å². The third-order valence-electron chi connectivity index (χ3n) is 4.26. The van der Waals surface area contributed by atoms with Crippen molar-refractivity contribution in [1.29, 1.82) is 5.26 Å². The Morgan fingerprint density at radius 2 is 1.86 bits per heavy atom. The van der Waals surface area contributed by atoms with E-state index >= 15 is 0 Å². The molecule has 0 saturated heterocycles. The van der Waals surface area contributed by atoms with Gasteiger partial charge in [-0.25, -0.2) is 0 Å². The minimum Gasteiger partial charge on any atom is -0.453 e. The Hall–Kier alpha value is -4.11. The Morgan fingerprint density at radius 3 is 2.61 bits per heavy atom. The molecule has 2 aromatic heterocycles. The van der Waals surface area contributed by atoms with E-state index in [4.69, 9.17) is 10.00 Å². The largest absolute Gasteiger partial charge is 0.453 e. The molecule has 1 N–H and O–H groups in total. The van der Waals surface area contributed by atoms with Gasteiger partial charge in [0.25, 0.3) is 0 Å². The second kappa shape index (κ2) is 7.64. The predicted octanol–water partition coefficient (Wildman–Crippen LogP) is 3.95. The summed E-state index contributed by atoms with van der Waals surface area (Å²) < 4.78 is 7.88. The zero-order valence-electron chi connectivity index (χ0n) is 14.9. The third kappa shape index (κ3) is 3.84. The maximum atomic E-state index is 11.3. The van der Waals surface area contributed by atoms with E-state index in [2.05, 4.69) is 22.3 Å². The Balaban J connectivity index is 1.58. The van der Waals surface area contributed by atoms with Crippen molar-refractivity contribution in [2.45, 2.75) is 6.54 Å². The van der Waals surface area contributed by atoms with Crippen LogP contribution in [-0.2, 0) is 6.54 Å². The summed E-state index contributed by atoms with van der Waals surface area (Å²) in [4.78, 5) is 11.3. The van der Waals surface area contributed by atoms with Gasteiger partial charge in [-0.05, 0) is 35.9 Å². The van der Waals surface area contributed by atoms with Crippen molar-refractivity contribution in [1.82, 2.24) is 14.8 Å². The maximum Gasteiger partial charge on any atom is 0.181 e.